The molecule has 8 nitrogen and oxygen atoms in total. The first-order valence-electron chi connectivity index (χ1n) is 6.63. The van der Waals surface area contributed by atoms with E-state index in [0.717, 1.165) is 0 Å². The number of rotatable bonds is 7. The second-order valence-corrected chi connectivity index (χ2v) is 5.48. The molecule has 0 fully saturated rings. The molecule has 24 heavy (non-hydrogen) atoms. The Morgan fingerprint density at radius 2 is 1.96 bits per heavy atom. The number of methoxy groups -OCH3 is 1. The summed E-state index contributed by atoms with van der Waals surface area (Å²) in [6.45, 7) is 2.66. The van der Waals surface area contributed by atoms with Crippen molar-refractivity contribution in [3.63, 3.8) is 0 Å². The number of nitrogens with zero attached hydrogens (tertiary/aromatic N) is 1. The summed E-state index contributed by atoms with van der Waals surface area (Å²) in [6.07, 6.45) is 0. The second kappa shape index (κ2) is 8.02. The van der Waals surface area contributed by atoms with Gasteiger partial charge in [0.05, 0.1) is 22.1 Å². The summed E-state index contributed by atoms with van der Waals surface area (Å²) < 4.78 is 28.0. The van der Waals surface area contributed by atoms with Crippen LogP contribution in [-0.2, 0) is 19.0 Å². The third-order valence-corrected chi connectivity index (χ3v) is 3.13. The highest BCUT2D eigenvalue weighted by molar-refractivity contribution is 6.33. The van der Waals surface area contributed by atoms with E-state index in [1.165, 1.54) is 21.0 Å². The molecule has 0 amide bonds. The van der Waals surface area contributed by atoms with Crippen molar-refractivity contribution in [3.8, 4) is 0 Å². The van der Waals surface area contributed by atoms with Crippen LogP contribution in [0.4, 0.5) is 10.1 Å². The maximum atomic E-state index is 13.4. The first-order valence-corrected chi connectivity index (χ1v) is 7.01. The van der Waals surface area contributed by atoms with Crippen molar-refractivity contribution in [1.29, 1.82) is 0 Å². The van der Waals surface area contributed by atoms with E-state index < -0.39 is 39.5 Å². The van der Waals surface area contributed by atoms with Gasteiger partial charge in [0.1, 0.15) is 6.61 Å². The molecular weight excluding hydrogens is 349 g/mol. The van der Waals surface area contributed by atoms with Crippen molar-refractivity contribution in [2.45, 2.75) is 19.4 Å². The van der Waals surface area contributed by atoms with Gasteiger partial charge in [0.2, 0.25) is 11.4 Å². The fourth-order valence-electron chi connectivity index (χ4n) is 1.55. The minimum Gasteiger partial charge on any atom is -0.460 e. The van der Waals surface area contributed by atoms with Gasteiger partial charge >= 0.3 is 17.6 Å². The Labute approximate surface area is 141 Å². The lowest BCUT2D eigenvalue weighted by molar-refractivity contribution is -0.387. The van der Waals surface area contributed by atoms with E-state index in [0.29, 0.717) is 12.1 Å². The molecule has 1 aromatic rings. The quantitative estimate of drug-likeness (QED) is 0.317. The van der Waals surface area contributed by atoms with E-state index in [4.69, 9.17) is 25.8 Å². The fourth-order valence-corrected chi connectivity index (χ4v) is 1.78. The maximum absolute atomic E-state index is 13.4. The molecule has 0 spiro atoms. The number of esters is 2. The smallest absolute Gasteiger partial charge is 0.350 e. The van der Waals surface area contributed by atoms with E-state index in [9.17, 15) is 24.1 Å². The summed E-state index contributed by atoms with van der Waals surface area (Å²) >= 11 is 5.72. The molecule has 0 aliphatic rings. The van der Waals surface area contributed by atoms with Gasteiger partial charge < -0.3 is 14.2 Å². The predicted molar refractivity (Wildman–Crippen MR) is 80.4 cm³/mol. The summed E-state index contributed by atoms with van der Waals surface area (Å²) in [5.74, 6) is -3.17. The number of hydrogen-bond donors (Lipinski definition) is 0. The van der Waals surface area contributed by atoms with Crippen LogP contribution in [0, 0.1) is 15.9 Å². The largest absolute Gasteiger partial charge is 0.460 e. The zero-order valence-electron chi connectivity index (χ0n) is 13.1. The number of carbonyl (C=O) groups is 2. The van der Waals surface area contributed by atoms with Gasteiger partial charge in [-0.15, -0.1) is 0 Å². The molecule has 0 saturated heterocycles. The molecule has 0 aliphatic heterocycles. The monoisotopic (exact) mass is 363 g/mol. The average molecular weight is 364 g/mol. The van der Waals surface area contributed by atoms with E-state index in [2.05, 4.69) is 0 Å². The van der Waals surface area contributed by atoms with Crippen LogP contribution in [-0.4, -0.2) is 42.8 Å². The molecule has 132 valence electrons. The van der Waals surface area contributed by atoms with Gasteiger partial charge in [-0.25, -0.2) is 9.59 Å². The predicted octanol–water partition coefficient (Wildman–Crippen LogP) is 2.51. The Morgan fingerprint density at radius 3 is 2.50 bits per heavy atom. The van der Waals surface area contributed by atoms with Crippen LogP contribution in [0.1, 0.15) is 24.2 Å². The Kier molecular flexibility index (Phi) is 6.61. The lowest BCUT2D eigenvalue weighted by Crippen LogP contribution is -2.39. The first-order chi connectivity index (χ1) is 11.1. The van der Waals surface area contributed by atoms with Gasteiger partial charge in [0.15, 0.2) is 0 Å². The average Bonchev–Trinajstić information content (AvgIpc) is 2.46. The van der Waals surface area contributed by atoms with E-state index in [1.54, 1.807) is 0 Å². The molecule has 0 N–H and O–H groups in total. The highest BCUT2D eigenvalue weighted by atomic mass is 35.5. The van der Waals surface area contributed by atoms with Gasteiger partial charge in [-0.3, -0.25) is 10.1 Å². The number of carbonyl (C=O) groups excluding carboxylic acids is 2. The molecular formula is C14H15ClFNO7. The maximum Gasteiger partial charge on any atom is 0.350 e. The van der Waals surface area contributed by atoms with Crippen LogP contribution >= 0.6 is 11.6 Å². The third kappa shape index (κ3) is 4.87. The van der Waals surface area contributed by atoms with Crippen LogP contribution in [0.15, 0.2) is 12.1 Å². The molecule has 0 unspecified atom stereocenters. The number of hydrogen-bond acceptors (Lipinski definition) is 7. The van der Waals surface area contributed by atoms with Crippen molar-refractivity contribution >= 4 is 29.2 Å². The van der Waals surface area contributed by atoms with E-state index in [-0.39, 0.29) is 18.2 Å². The second-order valence-electron chi connectivity index (χ2n) is 5.07. The van der Waals surface area contributed by atoms with Gasteiger partial charge in [0.25, 0.3) is 0 Å². The Hall–Kier alpha value is -2.26. The van der Waals surface area contributed by atoms with Gasteiger partial charge in [-0.1, -0.05) is 11.6 Å². The van der Waals surface area contributed by atoms with Crippen LogP contribution in [0.25, 0.3) is 0 Å². The number of nitro groups is 1. The summed E-state index contributed by atoms with van der Waals surface area (Å²) in [4.78, 5) is 33.7. The normalized spacial score (nSPS) is 11.0. The molecule has 10 heteroatoms. The summed E-state index contributed by atoms with van der Waals surface area (Å²) in [7, 11) is 1.42. The summed E-state index contributed by atoms with van der Waals surface area (Å²) in [5, 5.41) is 10.3. The Balaban J connectivity index is 2.96. The number of nitro benzene ring substituents is 1. The molecule has 0 bridgehead atoms. The molecule has 0 aliphatic carbocycles. The minimum atomic E-state index is -1.68. The van der Waals surface area contributed by atoms with Crippen LogP contribution < -0.4 is 0 Å². The molecule has 0 radical (unpaired) electrons. The molecule has 0 aromatic heterocycles. The van der Waals surface area contributed by atoms with Crippen LogP contribution in [0.5, 0.6) is 0 Å². The lowest BCUT2D eigenvalue weighted by Gasteiger charge is -2.23. The molecule has 1 rings (SSSR count). The molecule has 1 aromatic carbocycles. The van der Waals surface area contributed by atoms with E-state index in [1.807, 2.05) is 0 Å². The minimum absolute atomic E-state index is 0.0426. The van der Waals surface area contributed by atoms with Crippen molar-refractivity contribution in [2.24, 2.45) is 0 Å². The lowest BCUT2D eigenvalue weighted by atomic mass is 10.1. The highest BCUT2D eigenvalue weighted by Crippen LogP contribution is 2.27. The highest BCUT2D eigenvalue weighted by Gasteiger charge is 2.35. The Morgan fingerprint density at radius 1 is 1.33 bits per heavy atom. The number of benzene rings is 1. The summed E-state index contributed by atoms with van der Waals surface area (Å²) in [5.41, 5.74) is -3.06. The van der Waals surface area contributed by atoms with E-state index >= 15 is 0 Å². The third-order valence-electron chi connectivity index (χ3n) is 2.81. The molecule has 0 atom stereocenters. The van der Waals surface area contributed by atoms with Crippen molar-refractivity contribution < 1.29 is 33.1 Å². The topological polar surface area (TPSA) is 105 Å². The Bertz CT molecular complexity index is 663. The summed E-state index contributed by atoms with van der Waals surface area (Å²) in [6, 6.07) is 1.27. The fraction of sp³-hybridized carbons (Fsp3) is 0.429. The number of halogens is 2. The van der Waals surface area contributed by atoms with Gasteiger partial charge in [-0.05, 0) is 13.8 Å². The molecule has 0 heterocycles. The zero-order chi connectivity index (χ0) is 18.5. The van der Waals surface area contributed by atoms with Crippen molar-refractivity contribution in [1.82, 2.24) is 0 Å². The van der Waals surface area contributed by atoms with Crippen LogP contribution in [0.2, 0.25) is 5.02 Å². The SMILES string of the molecule is COCCOC(=O)C(C)(C)OC(=O)c1cc([N+](=O)[O-])c(F)cc1Cl. The number of ether oxygens (including phenoxy) is 3. The van der Waals surface area contributed by atoms with Crippen molar-refractivity contribution in [2.75, 3.05) is 20.3 Å². The molecule has 0 saturated carbocycles. The first kappa shape index (κ1) is 19.8. The van der Waals surface area contributed by atoms with Gasteiger partial charge in [-0.2, -0.15) is 4.39 Å². The van der Waals surface area contributed by atoms with Crippen LogP contribution in [0.3, 0.4) is 0 Å². The van der Waals surface area contributed by atoms with Crippen molar-refractivity contribution in [3.05, 3.63) is 38.7 Å². The van der Waals surface area contributed by atoms with Gasteiger partial charge in [0, 0.05) is 19.2 Å². The zero-order valence-corrected chi connectivity index (χ0v) is 13.9. The standard InChI is InChI=1S/C14H15ClFNO7/c1-14(2,13(19)23-5-4-22-3)24-12(18)8-6-11(17(20)21)10(16)7-9(8)15/h6-7H,4-5H2,1-3H3.